The molecule has 1 atom stereocenters. The average molecular weight is 318 g/mol. The fourth-order valence-corrected chi connectivity index (χ4v) is 2.69. The first-order chi connectivity index (χ1) is 11.2. The SMILES string of the molecule is CCNC(=NCc1ccccc1C)NCC(C)N1CCOCC1. The van der Waals surface area contributed by atoms with E-state index in [1.54, 1.807) is 0 Å². The highest BCUT2D eigenvalue weighted by Gasteiger charge is 2.16. The number of nitrogens with zero attached hydrogens (tertiary/aromatic N) is 2. The summed E-state index contributed by atoms with van der Waals surface area (Å²) < 4.78 is 5.41. The number of guanidine groups is 1. The quantitative estimate of drug-likeness (QED) is 0.620. The number of nitrogens with one attached hydrogen (secondary N) is 2. The molecule has 1 aliphatic heterocycles. The van der Waals surface area contributed by atoms with Gasteiger partial charge in [0.15, 0.2) is 5.96 Å². The third-order valence-electron chi connectivity index (χ3n) is 4.25. The van der Waals surface area contributed by atoms with E-state index in [1.807, 2.05) is 0 Å². The lowest BCUT2D eigenvalue weighted by molar-refractivity contribution is 0.0211. The molecule has 0 aliphatic carbocycles. The maximum Gasteiger partial charge on any atom is 0.191 e. The summed E-state index contributed by atoms with van der Waals surface area (Å²) in [7, 11) is 0. The van der Waals surface area contributed by atoms with Crippen LogP contribution in [0.3, 0.4) is 0 Å². The summed E-state index contributed by atoms with van der Waals surface area (Å²) in [5, 5.41) is 6.79. The Labute approximate surface area is 140 Å². The van der Waals surface area contributed by atoms with Crippen molar-refractivity contribution in [3.05, 3.63) is 35.4 Å². The van der Waals surface area contributed by atoms with Crippen molar-refractivity contribution in [1.29, 1.82) is 0 Å². The van der Waals surface area contributed by atoms with Gasteiger partial charge >= 0.3 is 0 Å². The molecule has 128 valence electrons. The molecule has 1 fully saturated rings. The Morgan fingerprint density at radius 2 is 2.00 bits per heavy atom. The van der Waals surface area contributed by atoms with Crippen LogP contribution in [0.2, 0.25) is 0 Å². The largest absolute Gasteiger partial charge is 0.379 e. The van der Waals surface area contributed by atoms with Crippen molar-refractivity contribution in [1.82, 2.24) is 15.5 Å². The number of morpholine rings is 1. The molecule has 0 aromatic heterocycles. The summed E-state index contributed by atoms with van der Waals surface area (Å²) in [6, 6.07) is 8.88. The molecule has 23 heavy (non-hydrogen) atoms. The van der Waals surface area contributed by atoms with Crippen molar-refractivity contribution in [3.63, 3.8) is 0 Å². The highest BCUT2D eigenvalue weighted by molar-refractivity contribution is 5.79. The first kappa shape index (κ1) is 17.8. The monoisotopic (exact) mass is 318 g/mol. The summed E-state index contributed by atoms with van der Waals surface area (Å²) in [6.45, 7) is 12.6. The van der Waals surface area contributed by atoms with Gasteiger partial charge < -0.3 is 15.4 Å². The molecule has 0 radical (unpaired) electrons. The van der Waals surface area contributed by atoms with E-state index in [4.69, 9.17) is 9.73 Å². The molecule has 0 spiro atoms. The summed E-state index contributed by atoms with van der Waals surface area (Å²) in [5.41, 5.74) is 2.56. The summed E-state index contributed by atoms with van der Waals surface area (Å²) >= 11 is 0. The van der Waals surface area contributed by atoms with E-state index >= 15 is 0 Å². The van der Waals surface area contributed by atoms with Gasteiger partial charge in [0.2, 0.25) is 0 Å². The van der Waals surface area contributed by atoms with Crippen LogP contribution >= 0.6 is 0 Å². The minimum atomic E-state index is 0.473. The van der Waals surface area contributed by atoms with Crippen molar-refractivity contribution >= 4 is 5.96 Å². The second-order valence-electron chi connectivity index (χ2n) is 6.00. The third kappa shape index (κ3) is 5.84. The second-order valence-corrected chi connectivity index (χ2v) is 6.00. The lowest BCUT2D eigenvalue weighted by Gasteiger charge is -2.32. The number of hydrogen-bond donors (Lipinski definition) is 2. The number of aryl methyl sites for hydroxylation is 1. The Bertz CT molecular complexity index is 498. The topological polar surface area (TPSA) is 48.9 Å². The first-order valence-electron chi connectivity index (χ1n) is 8.59. The van der Waals surface area contributed by atoms with Crippen molar-refractivity contribution in [2.75, 3.05) is 39.4 Å². The third-order valence-corrected chi connectivity index (χ3v) is 4.25. The Balaban J connectivity index is 1.87. The van der Waals surface area contributed by atoms with E-state index in [2.05, 4.69) is 60.6 Å². The number of benzene rings is 1. The molecule has 0 bridgehead atoms. The van der Waals surface area contributed by atoms with Crippen molar-refractivity contribution < 1.29 is 4.74 Å². The standard InChI is InChI=1S/C18H30N4O/c1-4-19-18(21-14-17-8-6-5-7-15(17)2)20-13-16(3)22-9-11-23-12-10-22/h5-8,16H,4,9-14H2,1-3H3,(H2,19,20,21). The number of hydrogen-bond acceptors (Lipinski definition) is 3. The van der Waals surface area contributed by atoms with E-state index in [0.717, 1.165) is 45.4 Å². The summed E-state index contributed by atoms with van der Waals surface area (Å²) in [4.78, 5) is 7.17. The molecule has 1 aromatic rings. The molecule has 1 saturated heterocycles. The lowest BCUT2D eigenvalue weighted by atomic mass is 10.1. The van der Waals surface area contributed by atoms with Gasteiger partial charge in [-0.2, -0.15) is 0 Å². The average Bonchev–Trinajstić information content (AvgIpc) is 2.59. The van der Waals surface area contributed by atoms with E-state index < -0.39 is 0 Å². The van der Waals surface area contributed by atoms with Gasteiger partial charge in [0.05, 0.1) is 19.8 Å². The zero-order valence-electron chi connectivity index (χ0n) is 14.6. The number of aliphatic imine (C=N–C) groups is 1. The molecule has 0 saturated carbocycles. The molecule has 2 rings (SSSR count). The molecular formula is C18H30N4O. The second kappa shape index (κ2) is 9.53. The maximum atomic E-state index is 5.41. The van der Waals surface area contributed by atoms with E-state index in [0.29, 0.717) is 12.6 Å². The Morgan fingerprint density at radius 1 is 1.26 bits per heavy atom. The molecule has 1 aromatic carbocycles. The highest BCUT2D eigenvalue weighted by atomic mass is 16.5. The predicted molar refractivity (Wildman–Crippen MR) is 95.9 cm³/mol. The van der Waals surface area contributed by atoms with Crippen LogP contribution < -0.4 is 10.6 Å². The van der Waals surface area contributed by atoms with Crippen LogP contribution in [0.1, 0.15) is 25.0 Å². The van der Waals surface area contributed by atoms with Crippen LogP contribution in [-0.2, 0) is 11.3 Å². The molecule has 1 heterocycles. The van der Waals surface area contributed by atoms with Crippen molar-refractivity contribution in [2.45, 2.75) is 33.4 Å². The first-order valence-corrected chi connectivity index (χ1v) is 8.59. The normalized spacial score (nSPS) is 17.8. The fourth-order valence-electron chi connectivity index (χ4n) is 2.69. The smallest absolute Gasteiger partial charge is 0.191 e. The Hall–Kier alpha value is -1.59. The van der Waals surface area contributed by atoms with Crippen LogP contribution in [0, 0.1) is 6.92 Å². The molecule has 1 aliphatic rings. The zero-order chi connectivity index (χ0) is 16.5. The van der Waals surface area contributed by atoms with Crippen LogP contribution in [0.15, 0.2) is 29.3 Å². The molecule has 5 heteroatoms. The molecular weight excluding hydrogens is 288 g/mol. The summed E-state index contributed by atoms with van der Waals surface area (Å²) in [5.74, 6) is 0.885. The Morgan fingerprint density at radius 3 is 2.70 bits per heavy atom. The molecule has 1 unspecified atom stereocenters. The maximum absolute atomic E-state index is 5.41. The minimum absolute atomic E-state index is 0.473. The van der Waals surface area contributed by atoms with Crippen LogP contribution in [0.5, 0.6) is 0 Å². The van der Waals surface area contributed by atoms with Crippen molar-refractivity contribution in [2.24, 2.45) is 4.99 Å². The van der Waals surface area contributed by atoms with Gasteiger partial charge in [0, 0.05) is 32.2 Å². The van der Waals surface area contributed by atoms with Gasteiger partial charge in [-0.25, -0.2) is 4.99 Å². The molecule has 2 N–H and O–H groups in total. The molecule has 5 nitrogen and oxygen atoms in total. The Kier molecular flexibility index (Phi) is 7.36. The summed E-state index contributed by atoms with van der Waals surface area (Å²) in [6.07, 6.45) is 0. The molecule has 0 amide bonds. The highest BCUT2D eigenvalue weighted by Crippen LogP contribution is 2.08. The van der Waals surface area contributed by atoms with Gasteiger partial charge in [-0.05, 0) is 31.9 Å². The zero-order valence-corrected chi connectivity index (χ0v) is 14.6. The number of ether oxygens (including phenoxy) is 1. The van der Waals surface area contributed by atoms with Gasteiger partial charge in [-0.3, -0.25) is 4.90 Å². The predicted octanol–water partition coefficient (Wildman–Crippen LogP) is 1.77. The van der Waals surface area contributed by atoms with Crippen LogP contribution in [0.25, 0.3) is 0 Å². The van der Waals surface area contributed by atoms with Gasteiger partial charge in [-0.15, -0.1) is 0 Å². The van der Waals surface area contributed by atoms with Crippen molar-refractivity contribution in [3.8, 4) is 0 Å². The van der Waals surface area contributed by atoms with E-state index in [-0.39, 0.29) is 0 Å². The lowest BCUT2D eigenvalue weighted by Crippen LogP contribution is -2.49. The van der Waals surface area contributed by atoms with E-state index in [9.17, 15) is 0 Å². The van der Waals surface area contributed by atoms with Gasteiger partial charge in [-0.1, -0.05) is 24.3 Å². The van der Waals surface area contributed by atoms with Crippen LogP contribution in [0.4, 0.5) is 0 Å². The van der Waals surface area contributed by atoms with E-state index in [1.165, 1.54) is 11.1 Å². The van der Waals surface area contributed by atoms with Gasteiger partial charge in [0.1, 0.15) is 0 Å². The van der Waals surface area contributed by atoms with Crippen LogP contribution in [-0.4, -0.2) is 56.3 Å². The number of rotatable bonds is 6. The minimum Gasteiger partial charge on any atom is -0.379 e. The fraction of sp³-hybridized carbons (Fsp3) is 0.611. The van der Waals surface area contributed by atoms with Gasteiger partial charge in [0.25, 0.3) is 0 Å².